The van der Waals surface area contributed by atoms with E-state index >= 15 is 0 Å². The normalized spacial score (nSPS) is 15.1. The van der Waals surface area contributed by atoms with Crippen molar-refractivity contribution in [2.45, 2.75) is 33.2 Å². The molecule has 1 aromatic heterocycles. The average Bonchev–Trinajstić information content (AvgIpc) is 3.22. The summed E-state index contributed by atoms with van der Waals surface area (Å²) in [7, 11) is 1.55. The molecule has 0 N–H and O–H groups in total. The molecule has 2 aromatic carbocycles. The highest BCUT2D eigenvalue weighted by Crippen LogP contribution is 2.36. The molecule has 0 saturated carbocycles. The minimum absolute atomic E-state index is 0.0238. The molecule has 4 rings (SSSR count). The van der Waals surface area contributed by atoms with Crippen LogP contribution in [0.4, 0.5) is 0 Å². The van der Waals surface area contributed by atoms with Gasteiger partial charge in [0.25, 0.3) is 5.56 Å². The minimum atomic E-state index is -0.803. The number of carbonyl (C=O) groups excluding carboxylic acids is 1. The van der Waals surface area contributed by atoms with Crippen molar-refractivity contribution in [3.05, 3.63) is 101 Å². The van der Waals surface area contributed by atoms with Gasteiger partial charge in [0, 0.05) is 0 Å². The van der Waals surface area contributed by atoms with Crippen LogP contribution in [0, 0.1) is 5.92 Å². The van der Waals surface area contributed by atoms with E-state index in [1.165, 1.54) is 22.0 Å². The zero-order chi connectivity index (χ0) is 29.0. The Bertz CT molecular complexity index is 1660. The van der Waals surface area contributed by atoms with Gasteiger partial charge in [-0.3, -0.25) is 9.36 Å². The van der Waals surface area contributed by atoms with Crippen LogP contribution in [0.25, 0.3) is 6.08 Å². The highest BCUT2D eigenvalue weighted by atomic mass is 35.5. The summed E-state index contributed by atoms with van der Waals surface area (Å²) in [6.07, 6.45) is 4.11. The lowest BCUT2D eigenvalue weighted by Gasteiger charge is -2.25. The predicted molar refractivity (Wildman–Crippen MR) is 159 cm³/mol. The predicted octanol–water partition coefficient (Wildman–Crippen LogP) is 5.70. The fraction of sp³-hybridized carbons (Fsp3) is 0.300. The van der Waals surface area contributed by atoms with Crippen LogP contribution in [-0.4, -0.2) is 30.9 Å². The molecule has 0 fully saturated rings. The van der Waals surface area contributed by atoms with Crippen molar-refractivity contribution in [2.24, 2.45) is 10.9 Å². The molecule has 3 aromatic rings. The Morgan fingerprint density at radius 2 is 1.95 bits per heavy atom. The summed E-state index contributed by atoms with van der Waals surface area (Å²) >= 11 is 13.5. The molecular weight excluding hydrogens is 571 g/mol. The van der Waals surface area contributed by atoms with Crippen molar-refractivity contribution in [2.75, 3.05) is 20.3 Å². The van der Waals surface area contributed by atoms with Gasteiger partial charge in [-0.1, -0.05) is 73.2 Å². The van der Waals surface area contributed by atoms with Crippen LogP contribution in [0.2, 0.25) is 10.0 Å². The third-order valence-electron chi connectivity index (χ3n) is 6.27. The van der Waals surface area contributed by atoms with E-state index in [4.69, 9.17) is 37.4 Å². The van der Waals surface area contributed by atoms with Crippen LogP contribution >= 0.6 is 34.5 Å². The van der Waals surface area contributed by atoms with Gasteiger partial charge in [0.2, 0.25) is 0 Å². The van der Waals surface area contributed by atoms with Gasteiger partial charge < -0.3 is 14.2 Å². The molecule has 1 atom stereocenters. The number of fused-ring (bicyclic) bond motifs is 1. The topological polar surface area (TPSA) is 79.1 Å². The number of nitrogens with zero attached hydrogens (tertiary/aromatic N) is 2. The van der Waals surface area contributed by atoms with Crippen LogP contribution in [0.5, 0.6) is 11.5 Å². The summed E-state index contributed by atoms with van der Waals surface area (Å²) in [4.78, 5) is 32.2. The van der Waals surface area contributed by atoms with Crippen molar-refractivity contribution in [3.63, 3.8) is 0 Å². The maximum Gasteiger partial charge on any atom is 0.338 e. The molecule has 2 heterocycles. The average molecular weight is 602 g/mol. The smallest absolute Gasteiger partial charge is 0.338 e. The highest BCUT2D eigenvalue weighted by molar-refractivity contribution is 7.07. The van der Waals surface area contributed by atoms with Crippen LogP contribution < -0.4 is 24.4 Å². The van der Waals surface area contributed by atoms with Gasteiger partial charge in [0.1, 0.15) is 6.61 Å². The zero-order valence-corrected chi connectivity index (χ0v) is 25.0. The van der Waals surface area contributed by atoms with E-state index in [9.17, 15) is 9.59 Å². The van der Waals surface area contributed by atoms with E-state index in [1.54, 1.807) is 50.4 Å². The number of carbonyl (C=O) groups is 1. The lowest BCUT2D eigenvalue weighted by molar-refractivity contribution is -0.138. The van der Waals surface area contributed by atoms with E-state index in [1.807, 2.05) is 6.07 Å². The maximum absolute atomic E-state index is 13.8. The van der Waals surface area contributed by atoms with Gasteiger partial charge in [-0.25, -0.2) is 9.79 Å². The standard InChI is InChI=1S/C30H30Cl2N2O5S/c1-6-12-39-29(36)26-18(4)33-30-34(28(35)25(40-30)15-19-7-9-21(31)22(32)14-19)27(26)20-8-10-23(24(16-20)37-5)38-13-11-17(2)3/h6-10,14-17,27H,1,11-13H2,2-5H3. The molecule has 0 saturated heterocycles. The van der Waals surface area contributed by atoms with Crippen molar-refractivity contribution >= 4 is 46.6 Å². The van der Waals surface area contributed by atoms with E-state index in [-0.39, 0.29) is 17.7 Å². The van der Waals surface area contributed by atoms with Crippen LogP contribution in [0.1, 0.15) is 44.4 Å². The highest BCUT2D eigenvalue weighted by Gasteiger charge is 2.34. The Balaban J connectivity index is 1.87. The summed E-state index contributed by atoms with van der Waals surface area (Å²) in [6, 6.07) is 9.73. The van der Waals surface area contributed by atoms with Crippen LogP contribution in [0.3, 0.4) is 0 Å². The molecule has 1 aliphatic rings. The number of hydrogen-bond acceptors (Lipinski definition) is 7. The number of halogens is 2. The Morgan fingerprint density at radius 3 is 2.62 bits per heavy atom. The number of thiazole rings is 1. The number of ether oxygens (including phenoxy) is 3. The summed E-state index contributed by atoms with van der Waals surface area (Å²) in [5.74, 6) is 0.983. The number of benzene rings is 2. The molecule has 0 radical (unpaired) electrons. The molecular formula is C30H30Cl2N2O5S. The van der Waals surface area contributed by atoms with Gasteiger partial charge in [-0.2, -0.15) is 0 Å². The third kappa shape index (κ3) is 6.35. The lowest BCUT2D eigenvalue weighted by atomic mass is 9.95. The molecule has 10 heteroatoms. The molecule has 1 aliphatic heterocycles. The second kappa shape index (κ2) is 12.9. The molecule has 0 aliphatic carbocycles. The summed E-state index contributed by atoms with van der Waals surface area (Å²) in [5.41, 5.74) is 1.76. The fourth-order valence-electron chi connectivity index (χ4n) is 4.24. The van der Waals surface area contributed by atoms with Crippen LogP contribution in [-0.2, 0) is 9.53 Å². The number of methoxy groups -OCH3 is 1. The Kier molecular flexibility index (Phi) is 9.56. The number of aromatic nitrogens is 1. The number of allylic oxidation sites excluding steroid dienone is 1. The molecule has 210 valence electrons. The first kappa shape index (κ1) is 29.6. The third-order valence-corrected chi connectivity index (χ3v) is 7.99. The van der Waals surface area contributed by atoms with Crippen molar-refractivity contribution in [1.82, 2.24) is 4.57 Å². The molecule has 0 amide bonds. The summed E-state index contributed by atoms with van der Waals surface area (Å²) in [6.45, 7) is 10.2. The second-order valence-corrected chi connectivity index (χ2v) is 11.4. The van der Waals surface area contributed by atoms with Gasteiger partial charge in [0.15, 0.2) is 16.3 Å². The quantitative estimate of drug-likeness (QED) is 0.220. The maximum atomic E-state index is 13.8. The first-order chi connectivity index (χ1) is 19.1. The second-order valence-electron chi connectivity index (χ2n) is 9.58. The van der Waals surface area contributed by atoms with Gasteiger partial charge >= 0.3 is 5.97 Å². The first-order valence-corrected chi connectivity index (χ1v) is 14.3. The van der Waals surface area contributed by atoms with Crippen molar-refractivity contribution < 1.29 is 19.0 Å². The minimum Gasteiger partial charge on any atom is -0.493 e. The molecule has 1 unspecified atom stereocenters. The van der Waals surface area contributed by atoms with E-state index < -0.39 is 12.0 Å². The summed E-state index contributed by atoms with van der Waals surface area (Å²) in [5, 5.41) is 0.802. The SMILES string of the molecule is C=CCOC(=O)C1=C(C)N=c2sc(=Cc3ccc(Cl)c(Cl)c3)c(=O)n2C1c1ccc(OCCC(C)C)c(OC)c1. The van der Waals surface area contributed by atoms with E-state index in [0.717, 1.165) is 6.42 Å². The van der Waals surface area contributed by atoms with Gasteiger partial charge in [-0.15, -0.1) is 0 Å². The first-order valence-electron chi connectivity index (χ1n) is 12.7. The van der Waals surface area contributed by atoms with E-state index in [0.29, 0.717) is 60.2 Å². The van der Waals surface area contributed by atoms with Crippen LogP contribution in [0.15, 0.2) is 70.1 Å². The number of rotatable bonds is 10. The molecule has 0 bridgehead atoms. The Hall–Kier alpha value is -3.33. The summed E-state index contributed by atoms with van der Waals surface area (Å²) < 4.78 is 19.0. The number of esters is 1. The molecule has 40 heavy (non-hydrogen) atoms. The van der Waals surface area contributed by atoms with Gasteiger partial charge in [0.05, 0.1) is 45.6 Å². The number of hydrogen-bond donors (Lipinski definition) is 0. The zero-order valence-electron chi connectivity index (χ0n) is 22.7. The lowest BCUT2D eigenvalue weighted by Crippen LogP contribution is -2.40. The Labute approximate surface area is 246 Å². The fourth-order valence-corrected chi connectivity index (χ4v) is 5.60. The van der Waals surface area contributed by atoms with Crippen molar-refractivity contribution in [1.29, 1.82) is 0 Å². The van der Waals surface area contributed by atoms with Crippen molar-refractivity contribution in [3.8, 4) is 11.5 Å². The monoisotopic (exact) mass is 600 g/mol. The Morgan fingerprint density at radius 1 is 1.18 bits per heavy atom. The van der Waals surface area contributed by atoms with Gasteiger partial charge in [-0.05, 0) is 60.7 Å². The van der Waals surface area contributed by atoms with E-state index in [2.05, 4.69) is 25.4 Å². The molecule has 7 nitrogen and oxygen atoms in total. The largest absolute Gasteiger partial charge is 0.493 e. The molecule has 0 spiro atoms.